The van der Waals surface area contributed by atoms with E-state index in [0.29, 0.717) is 12.8 Å². The van der Waals surface area contributed by atoms with Gasteiger partial charge in [-0.2, -0.15) is 0 Å². The third-order valence-corrected chi connectivity index (χ3v) is 2.24. The van der Waals surface area contributed by atoms with E-state index in [2.05, 4.69) is 5.32 Å². The lowest BCUT2D eigenvalue weighted by Gasteiger charge is -2.16. The van der Waals surface area contributed by atoms with Crippen LogP contribution in [0.1, 0.15) is 39.5 Å². The quantitative estimate of drug-likeness (QED) is 0.577. The molecular formula is C10H20N2O3. The summed E-state index contributed by atoms with van der Waals surface area (Å²) < 4.78 is 0. The molecule has 0 radical (unpaired) electrons. The first-order valence-corrected chi connectivity index (χ1v) is 5.31. The SMILES string of the molecule is CCCC[C@H](NC(=O)[C@@H](N)CC)C(=O)O. The van der Waals surface area contributed by atoms with Gasteiger partial charge in [-0.05, 0) is 12.8 Å². The summed E-state index contributed by atoms with van der Waals surface area (Å²) in [4.78, 5) is 22.1. The molecule has 0 fully saturated rings. The lowest BCUT2D eigenvalue weighted by Crippen LogP contribution is -2.48. The van der Waals surface area contributed by atoms with Crippen molar-refractivity contribution in [2.75, 3.05) is 0 Å². The molecule has 0 spiro atoms. The molecule has 88 valence electrons. The van der Waals surface area contributed by atoms with E-state index >= 15 is 0 Å². The molecule has 0 aliphatic carbocycles. The Bertz CT molecular complexity index is 219. The summed E-state index contributed by atoms with van der Waals surface area (Å²) in [6, 6.07) is -1.43. The fourth-order valence-electron chi connectivity index (χ4n) is 1.13. The van der Waals surface area contributed by atoms with Gasteiger partial charge in [-0.1, -0.05) is 26.7 Å². The van der Waals surface area contributed by atoms with Gasteiger partial charge >= 0.3 is 5.97 Å². The van der Waals surface area contributed by atoms with Crippen molar-refractivity contribution in [1.82, 2.24) is 5.32 Å². The monoisotopic (exact) mass is 216 g/mol. The van der Waals surface area contributed by atoms with Crippen LogP contribution in [0, 0.1) is 0 Å². The van der Waals surface area contributed by atoms with E-state index in [4.69, 9.17) is 10.8 Å². The molecule has 5 nitrogen and oxygen atoms in total. The van der Waals surface area contributed by atoms with Gasteiger partial charge in [0.2, 0.25) is 5.91 Å². The molecule has 0 heterocycles. The number of unbranched alkanes of at least 4 members (excludes halogenated alkanes) is 1. The lowest BCUT2D eigenvalue weighted by atomic mass is 10.1. The largest absolute Gasteiger partial charge is 0.480 e. The number of aliphatic carboxylic acids is 1. The third kappa shape index (κ3) is 5.37. The van der Waals surface area contributed by atoms with Crippen molar-refractivity contribution in [2.24, 2.45) is 5.73 Å². The molecule has 0 aromatic rings. The molecule has 15 heavy (non-hydrogen) atoms. The topological polar surface area (TPSA) is 92.4 Å². The summed E-state index contributed by atoms with van der Waals surface area (Å²) >= 11 is 0. The fraction of sp³-hybridized carbons (Fsp3) is 0.800. The Morgan fingerprint density at radius 3 is 2.40 bits per heavy atom. The summed E-state index contributed by atoms with van der Waals surface area (Å²) in [5.74, 6) is -1.39. The van der Waals surface area contributed by atoms with E-state index in [-0.39, 0.29) is 5.91 Å². The highest BCUT2D eigenvalue weighted by molar-refractivity contribution is 5.86. The Morgan fingerprint density at radius 1 is 1.40 bits per heavy atom. The second-order valence-electron chi connectivity index (χ2n) is 3.56. The number of hydrogen-bond donors (Lipinski definition) is 3. The predicted molar refractivity (Wildman–Crippen MR) is 57.4 cm³/mol. The van der Waals surface area contributed by atoms with E-state index in [1.807, 2.05) is 6.92 Å². The molecule has 0 saturated heterocycles. The highest BCUT2D eigenvalue weighted by Crippen LogP contribution is 2.01. The first-order valence-electron chi connectivity index (χ1n) is 5.31. The minimum atomic E-state index is -1.000. The van der Waals surface area contributed by atoms with Crippen LogP contribution in [-0.2, 0) is 9.59 Å². The number of nitrogens with one attached hydrogen (secondary N) is 1. The number of hydrogen-bond acceptors (Lipinski definition) is 3. The Balaban J connectivity index is 4.16. The average molecular weight is 216 g/mol. The molecule has 0 aromatic carbocycles. The summed E-state index contributed by atoms with van der Waals surface area (Å²) in [5, 5.41) is 11.3. The zero-order valence-electron chi connectivity index (χ0n) is 9.32. The highest BCUT2D eigenvalue weighted by Gasteiger charge is 2.21. The normalized spacial score (nSPS) is 14.3. The van der Waals surface area contributed by atoms with Crippen LogP contribution in [0.15, 0.2) is 0 Å². The van der Waals surface area contributed by atoms with Gasteiger partial charge in [0.15, 0.2) is 0 Å². The van der Waals surface area contributed by atoms with Gasteiger partial charge in [0.1, 0.15) is 6.04 Å². The van der Waals surface area contributed by atoms with Crippen molar-refractivity contribution in [1.29, 1.82) is 0 Å². The van der Waals surface area contributed by atoms with Crippen LogP contribution in [0.5, 0.6) is 0 Å². The van der Waals surface area contributed by atoms with Gasteiger partial charge in [0, 0.05) is 0 Å². The van der Waals surface area contributed by atoms with Crippen molar-refractivity contribution in [3.05, 3.63) is 0 Å². The molecule has 0 aliphatic heterocycles. The van der Waals surface area contributed by atoms with E-state index < -0.39 is 18.1 Å². The van der Waals surface area contributed by atoms with Crippen LogP contribution in [0.2, 0.25) is 0 Å². The maximum absolute atomic E-state index is 11.4. The van der Waals surface area contributed by atoms with Gasteiger partial charge in [0.25, 0.3) is 0 Å². The maximum Gasteiger partial charge on any atom is 0.326 e. The molecular weight excluding hydrogens is 196 g/mol. The number of nitrogens with two attached hydrogens (primary N) is 1. The predicted octanol–water partition coefficient (Wildman–Crippen LogP) is 0.483. The highest BCUT2D eigenvalue weighted by atomic mass is 16.4. The average Bonchev–Trinajstić information content (AvgIpc) is 2.22. The maximum atomic E-state index is 11.4. The van der Waals surface area contributed by atoms with E-state index in [1.54, 1.807) is 6.92 Å². The Morgan fingerprint density at radius 2 is 2.00 bits per heavy atom. The molecule has 5 heteroatoms. The standard InChI is InChI=1S/C10H20N2O3/c1-3-5-6-8(10(14)15)12-9(13)7(11)4-2/h7-8H,3-6,11H2,1-2H3,(H,12,13)(H,14,15)/t7-,8-/m0/s1. The summed E-state index contributed by atoms with van der Waals surface area (Å²) in [5.41, 5.74) is 5.49. The van der Waals surface area contributed by atoms with Crippen molar-refractivity contribution < 1.29 is 14.7 Å². The molecule has 0 aromatic heterocycles. The summed E-state index contributed by atoms with van der Waals surface area (Å²) in [7, 11) is 0. The van der Waals surface area contributed by atoms with Gasteiger partial charge in [0.05, 0.1) is 6.04 Å². The van der Waals surface area contributed by atoms with E-state index in [0.717, 1.165) is 12.8 Å². The van der Waals surface area contributed by atoms with Crippen LogP contribution < -0.4 is 11.1 Å². The minimum Gasteiger partial charge on any atom is -0.480 e. The first-order chi connectivity index (χ1) is 7.02. The molecule has 0 rings (SSSR count). The van der Waals surface area contributed by atoms with Crippen molar-refractivity contribution in [3.8, 4) is 0 Å². The number of carboxylic acid groups (broad SMARTS) is 1. The van der Waals surface area contributed by atoms with E-state index in [1.165, 1.54) is 0 Å². The summed E-state index contributed by atoms with van der Waals surface area (Å²) in [6.45, 7) is 3.75. The van der Waals surface area contributed by atoms with Gasteiger partial charge in [-0.3, -0.25) is 4.79 Å². The fourth-order valence-corrected chi connectivity index (χ4v) is 1.13. The van der Waals surface area contributed by atoms with Crippen molar-refractivity contribution in [2.45, 2.75) is 51.6 Å². The summed E-state index contributed by atoms with van der Waals surface area (Å²) in [6.07, 6.45) is 2.64. The lowest BCUT2D eigenvalue weighted by molar-refractivity contribution is -0.142. The zero-order valence-corrected chi connectivity index (χ0v) is 9.32. The number of carbonyl (C=O) groups is 2. The Hall–Kier alpha value is -1.10. The smallest absolute Gasteiger partial charge is 0.326 e. The Kier molecular flexibility index (Phi) is 6.70. The number of amides is 1. The molecule has 2 atom stereocenters. The van der Waals surface area contributed by atoms with Crippen LogP contribution in [-0.4, -0.2) is 29.1 Å². The van der Waals surface area contributed by atoms with Crippen molar-refractivity contribution >= 4 is 11.9 Å². The van der Waals surface area contributed by atoms with Crippen LogP contribution in [0.3, 0.4) is 0 Å². The van der Waals surface area contributed by atoms with Crippen LogP contribution in [0.25, 0.3) is 0 Å². The molecule has 4 N–H and O–H groups in total. The third-order valence-electron chi connectivity index (χ3n) is 2.24. The van der Waals surface area contributed by atoms with Gasteiger partial charge < -0.3 is 16.2 Å². The molecule has 1 amide bonds. The van der Waals surface area contributed by atoms with Crippen molar-refractivity contribution in [3.63, 3.8) is 0 Å². The number of rotatable bonds is 7. The molecule has 0 saturated carbocycles. The van der Waals surface area contributed by atoms with Gasteiger partial charge in [-0.25, -0.2) is 4.79 Å². The Labute approximate surface area is 90.0 Å². The van der Waals surface area contributed by atoms with Crippen LogP contribution in [0.4, 0.5) is 0 Å². The molecule has 0 unspecified atom stereocenters. The first kappa shape index (κ1) is 13.9. The number of carbonyl (C=O) groups excluding carboxylic acids is 1. The zero-order chi connectivity index (χ0) is 11.8. The number of carboxylic acids is 1. The second kappa shape index (κ2) is 7.23. The molecule has 0 aliphatic rings. The van der Waals surface area contributed by atoms with Gasteiger partial charge in [-0.15, -0.1) is 0 Å². The molecule has 0 bridgehead atoms. The minimum absolute atomic E-state index is 0.388. The second-order valence-corrected chi connectivity index (χ2v) is 3.56. The van der Waals surface area contributed by atoms with E-state index in [9.17, 15) is 9.59 Å². The van der Waals surface area contributed by atoms with Crippen LogP contribution >= 0.6 is 0 Å².